The molecule has 0 aliphatic carbocycles. The number of guanidine groups is 1. The van der Waals surface area contributed by atoms with E-state index in [2.05, 4.69) is 40.5 Å². The molecule has 1 saturated heterocycles. The highest BCUT2D eigenvalue weighted by Gasteiger charge is 2.25. The van der Waals surface area contributed by atoms with Gasteiger partial charge in [-0.15, -0.1) is 24.0 Å². The SMILES string of the molecule is CN=C(NCCOc1ccccc1C(C)C)NC1CCN(c2ncccc2F)C1.I. The number of halogens is 2. The molecule has 1 unspecified atom stereocenters. The lowest BCUT2D eigenvalue weighted by Crippen LogP contribution is -2.45. The molecule has 2 heterocycles. The van der Waals surface area contributed by atoms with E-state index < -0.39 is 0 Å². The van der Waals surface area contributed by atoms with Crippen molar-refractivity contribution in [2.24, 2.45) is 4.99 Å². The smallest absolute Gasteiger partial charge is 0.191 e. The minimum atomic E-state index is -0.283. The molecular weight excluding hydrogens is 496 g/mol. The first-order chi connectivity index (χ1) is 14.1. The summed E-state index contributed by atoms with van der Waals surface area (Å²) in [7, 11) is 1.75. The van der Waals surface area contributed by atoms with Gasteiger partial charge in [0.2, 0.25) is 0 Å². The number of pyridine rings is 1. The van der Waals surface area contributed by atoms with Gasteiger partial charge in [0.15, 0.2) is 17.6 Å². The van der Waals surface area contributed by atoms with E-state index in [1.54, 1.807) is 19.3 Å². The molecule has 164 valence electrons. The van der Waals surface area contributed by atoms with Crippen LogP contribution in [-0.2, 0) is 0 Å². The zero-order chi connectivity index (χ0) is 20.6. The van der Waals surface area contributed by atoms with Crippen LogP contribution in [-0.4, -0.2) is 50.3 Å². The lowest BCUT2D eigenvalue weighted by molar-refractivity contribution is 0.317. The topological polar surface area (TPSA) is 61.8 Å². The molecule has 1 aliphatic rings. The summed E-state index contributed by atoms with van der Waals surface area (Å²) < 4.78 is 19.9. The Morgan fingerprint density at radius 2 is 2.10 bits per heavy atom. The highest BCUT2D eigenvalue weighted by atomic mass is 127. The largest absolute Gasteiger partial charge is 0.491 e. The van der Waals surface area contributed by atoms with Crippen LogP contribution in [0.3, 0.4) is 0 Å². The second-order valence-electron chi connectivity index (χ2n) is 7.42. The summed E-state index contributed by atoms with van der Waals surface area (Å²) in [6, 6.07) is 11.4. The number of benzene rings is 1. The molecule has 0 radical (unpaired) electrons. The monoisotopic (exact) mass is 527 g/mol. The van der Waals surface area contributed by atoms with Crippen LogP contribution in [0.25, 0.3) is 0 Å². The van der Waals surface area contributed by atoms with Crippen LogP contribution >= 0.6 is 24.0 Å². The van der Waals surface area contributed by atoms with E-state index in [1.807, 2.05) is 23.1 Å². The predicted molar refractivity (Wildman–Crippen MR) is 131 cm³/mol. The van der Waals surface area contributed by atoms with Crippen molar-refractivity contribution in [2.45, 2.75) is 32.2 Å². The van der Waals surface area contributed by atoms with Gasteiger partial charge in [0.25, 0.3) is 0 Å². The molecule has 8 heteroatoms. The quantitative estimate of drug-likeness (QED) is 0.249. The molecule has 0 saturated carbocycles. The number of nitrogens with zero attached hydrogens (tertiary/aromatic N) is 3. The maximum Gasteiger partial charge on any atom is 0.191 e. The Kier molecular flexibility index (Phi) is 9.61. The van der Waals surface area contributed by atoms with Crippen molar-refractivity contribution in [3.63, 3.8) is 0 Å². The van der Waals surface area contributed by atoms with Gasteiger partial charge in [-0.25, -0.2) is 9.37 Å². The van der Waals surface area contributed by atoms with Crippen molar-refractivity contribution in [3.8, 4) is 5.75 Å². The number of anilines is 1. The van der Waals surface area contributed by atoms with Crippen molar-refractivity contribution < 1.29 is 9.13 Å². The van der Waals surface area contributed by atoms with E-state index >= 15 is 0 Å². The second kappa shape index (κ2) is 11.9. The minimum Gasteiger partial charge on any atom is -0.491 e. The molecule has 1 aromatic heterocycles. The summed E-state index contributed by atoms with van der Waals surface area (Å²) in [5, 5.41) is 6.69. The van der Waals surface area contributed by atoms with E-state index in [-0.39, 0.29) is 35.8 Å². The molecule has 1 fully saturated rings. The van der Waals surface area contributed by atoms with Gasteiger partial charge in [-0.05, 0) is 36.1 Å². The molecule has 2 aromatic rings. The maximum atomic E-state index is 13.9. The lowest BCUT2D eigenvalue weighted by atomic mass is 10.0. The first-order valence-electron chi connectivity index (χ1n) is 10.1. The van der Waals surface area contributed by atoms with Gasteiger partial charge in [-0.2, -0.15) is 0 Å². The van der Waals surface area contributed by atoms with E-state index in [9.17, 15) is 4.39 Å². The standard InChI is InChI=1S/C22H30FN5O.HI/c1-16(2)18-7-4-5-9-20(18)29-14-12-26-22(24-3)27-17-10-13-28(15-17)21-19(23)8-6-11-25-21;/h4-9,11,16-17H,10,12-15H2,1-3H3,(H2,24,26,27);1H. The molecule has 0 amide bonds. The Bertz CT molecular complexity index is 833. The van der Waals surface area contributed by atoms with Crippen LogP contribution in [0, 0.1) is 5.82 Å². The van der Waals surface area contributed by atoms with E-state index in [4.69, 9.17) is 4.74 Å². The molecule has 6 nitrogen and oxygen atoms in total. The third-order valence-electron chi connectivity index (χ3n) is 4.98. The van der Waals surface area contributed by atoms with Gasteiger partial charge < -0.3 is 20.3 Å². The van der Waals surface area contributed by atoms with E-state index in [1.165, 1.54) is 11.6 Å². The molecule has 0 spiro atoms. The molecule has 30 heavy (non-hydrogen) atoms. The number of ether oxygens (including phenoxy) is 1. The van der Waals surface area contributed by atoms with E-state index in [0.29, 0.717) is 31.4 Å². The van der Waals surface area contributed by atoms with Gasteiger partial charge in [-0.1, -0.05) is 32.0 Å². The lowest BCUT2D eigenvalue weighted by Gasteiger charge is -2.20. The fourth-order valence-corrected chi connectivity index (χ4v) is 3.49. The number of aliphatic imine (C=N–C) groups is 1. The average molecular weight is 527 g/mol. The van der Waals surface area contributed by atoms with Gasteiger partial charge >= 0.3 is 0 Å². The molecular formula is C22H31FIN5O. The van der Waals surface area contributed by atoms with Crippen LogP contribution in [0.15, 0.2) is 47.6 Å². The fraction of sp³-hybridized carbons (Fsp3) is 0.455. The molecule has 1 aromatic carbocycles. The van der Waals surface area contributed by atoms with Gasteiger partial charge in [0.05, 0.1) is 6.54 Å². The number of hydrogen-bond donors (Lipinski definition) is 2. The van der Waals surface area contributed by atoms with Gasteiger partial charge in [0.1, 0.15) is 12.4 Å². The zero-order valence-electron chi connectivity index (χ0n) is 17.8. The van der Waals surface area contributed by atoms with Crippen LogP contribution in [0.2, 0.25) is 0 Å². The molecule has 1 atom stereocenters. The van der Waals surface area contributed by atoms with Crippen LogP contribution in [0.5, 0.6) is 5.75 Å². The predicted octanol–water partition coefficient (Wildman–Crippen LogP) is 3.78. The number of rotatable bonds is 7. The number of aromatic nitrogens is 1. The Morgan fingerprint density at radius 1 is 1.30 bits per heavy atom. The maximum absolute atomic E-state index is 13.9. The van der Waals surface area contributed by atoms with Crippen molar-refractivity contribution in [2.75, 3.05) is 38.2 Å². The first kappa shape index (κ1) is 24.2. The van der Waals surface area contributed by atoms with Crippen molar-refractivity contribution in [3.05, 3.63) is 54.0 Å². The Balaban J connectivity index is 0.00000320. The summed E-state index contributed by atoms with van der Waals surface area (Å²) in [6.07, 6.45) is 2.52. The van der Waals surface area contributed by atoms with Crippen molar-refractivity contribution >= 4 is 35.8 Å². The fourth-order valence-electron chi connectivity index (χ4n) is 3.49. The molecule has 3 rings (SSSR count). The van der Waals surface area contributed by atoms with Crippen LogP contribution in [0.4, 0.5) is 10.2 Å². The number of nitrogens with one attached hydrogen (secondary N) is 2. The summed E-state index contributed by atoms with van der Waals surface area (Å²) in [6.45, 7) is 6.95. The highest BCUT2D eigenvalue weighted by molar-refractivity contribution is 14.0. The normalized spacial score (nSPS) is 16.4. The Labute approximate surface area is 195 Å². The van der Waals surface area contributed by atoms with Crippen LogP contribution in [0.1, 0.15) is 31.7 Å². The summed E-state index contributed by atoms with van der Waals surface area (Å²) in [5.41, 5.74) is 1.21. The Morgan fingerprint density at radius 3 is 2.83 bits per heavy atom. The van der Waals surface area contributed by atoms with Crippen molar-refractivity contribution in [1.29, 1.82) is 0 Å². The number of hydrogen-bond acceptors (Lipinski definition) is 4. The van der Waals surface area contributed by atoms with Crippen molar-refractivity contribution in [1.82, 2.24) is 15.6 Å². The minimum absolute atomic E-state index is 0. The number of para-hydroxylation sites is 1. The molecule has 0 bridgehead atoms. The second-order valence-corrected chi connectivity index (χ2v) is 7.42. The van der Waals surface area contributed by atoms with Gasteiger partial charge in [0, 0.05) is 32.4 Å². The molecule has 2 N–H and O–H groups in total. The summed E-state index contributed by atoms with van der Waals surface area (Å²) >= 11 is 0. The highest BCUT2D eigenvalue weighted by Crippen LogP contribution is 2.25. The average Bonchev–Trinajstić information content (AvgIpc) is 3.19. The zero-order valence-corrected chi connectivity index (χ0v) is 20.1. The first-order valence-corrected chi connectivity index (χ1v) is 10.1. The Hall–Kier alpha value is -2.10. The van der Waals surface area contributed by atoms with E-state index in [0.717, 1.165) is 24.7 Å². The third-order valence-corrected chi connectivity index (χ3v) is 4.98. The van der Waals surface area contributed by atoms with Gasteiger partial charge in [-0.3, -0.25) is 4.99 Å². The third kappa shape index (κ3) is 6.45. The molecule has 1 aliphatic heterocycles. The van der Waals surface area contributed by atoms with Crippen LogP contribution < -0.4 is 20.3 Å². The summed E-state index contributed by atoms with van der Waals surface area (Å²) in [4.78, 5) is 10.4. The summed E-state index contributed by atoms with van der Waals surface area (Å²) in [5.74, 6) is 2.20.